The Kier molecular flexibility index (Phi) is 13.6. The van der Waals surface area contributed by atoms with Crippen molar-refractivity contribution < 1.29 is 38.1 Å². The molecule has 2 fully saturated rings. The molecule has 12 nitrogen and oxygen atoms in total. The topological polar surface area (TPSA) is 129 Å². The van der Waals surface area contributed by atoms with E-state index in [2.05, 4.69) is 87.8 Å². The average molecular weight is 960 g/mol. The van der Waals surface area contributed by atoms with E-state index in [0.29, 0.717) is 31.2 Å². The van der Waals surface area contributed by atoms with Crippen LogP contribution in [-0.4, -0.2) is 91.4 Å². The lowest BCUT2D eigenvalue weighted by Gasteiger charge is -2.27. The van der Waals surface area contributed by atoms with E-state index in [1.165, 1.54) is 16.2 Å². The standard InChI is InChI=1S/C28H32N2O4.C24H27NO3.C4H8ClNO/c1-27(2,3)24-14-19-12-18(6-8-21(19)30(24)16-26(32)29(4)5)13-25(31)28(10-11-28)20-7-9-22-23(15-20)34-17-33-22;1-23(2,3)21-12-16-10-15(4-6-18(16)25-21)11-22(26)24(8-9-24)17-5-7-19-20(13-17)28-14-27-19;1-6(2)4(7)3-5/h6-9,12,14-15H,10-11,13,16-17H2,1-5H3;4-7,10,13,21,25H,8-9,11-12,14H2,1-3H3;3H2,1-2H3. The summed E-state index contributed by atoms with van der Waals surface area (Å²) < 4.78 is 24.0. The normalized spacial score (nSPS) is 17.3. The lowest BCUT2D eigenvalue weighted by Crippen LogP contribution is -2.31. The van der Waals surface area contributed by atoms with Gasteiger partial charge in [-0.25, -0.2) is 0 Å². The number of halogens is 1. The number of nitrogens with zero attached hydrogens (tertiary/aromatic N) is 3. The Morgan fingerprint density at radius 1 is 0.652 bits per heavy atom. The van der Waals surface area contributed by atoms with E-state index in [-0.39, 0.29) is 53.3 Å². The number of hydrogen-bond donors (Lipinski definition) is 1. The summed E-state index contributed by atoms with van der Waals surface area (Å²) >= 11 is 5.16. The molecule has 1 N–H and O–H groups in total. The Balaban J connectivity index is 0.000000166. The van der Waals surface area contributed by atoms with Gasteiger partial charge in [-0.05, 0) is 114 Å². The highest BCUT2D eigenvalue weighted by atomic mass is 35.5. The van der Waals surface area contributed by atoms with Crippen LogP contribution in [0.1, 0.15) is 101 Å². The summed E-state index contributed by atoms with van der Waals surface area (Å²) in [7, 11) is 6.90. The van der Waals surface area contributed by atoms with Crippen LogP contribution in [0.25, 0.3) is 10.9 Å². The third kappa shape index (κ3) is 10.5. The Morgan fingerprint density at radius 2 is 1.16 bits per heavy atom. The average Bonchev–Trinajstić information content (AvgIpc) is 4.03. The minimum atomic E-state index is -0.420. The fourth-order valence-corrected chi connectivity index (χ4v) is 9.71. The molecule has 4 heterocycles. The van der Waals surface area contributed by atoms with Crippen molar-refractivity contribution in [2.24, 2.45) is 5.41 Å². The monoisotopic (exact) mass is 958 g/mol. The van der Waals surface area contributed by atoms with Gasteiger partial charge in [0.05, 0.1) is 10.8 Å². The maximum absolute atomic E-state index is 13.5. The SMILES string of the molecule is CC(C)(C)C1Cc2cc(CC(=O)C3(c4ccc5c(c4)OCO5)CC3)ccc2N1.CN(C)C(=O)CCl.CN(C)C(=O)Cn1c(C(C)(C)C)cc2cc(CC(=O)C3(c4ccc5c(c4)OCO5)CC3)ccc21. The van der Waals surface area contributed by atoms with Crippen molar-refractivity contribution in [2.75, 3.05) is 53.0 Å². The van der Waals surface area contributed by atoms with Crippen LogP contribution in [0.4, 0.5) is 5.69 Å². The van der Waals surface area contributed by atoms with Crippen LogP contribution < -0.4 is 24.3 Å². The molecule has 366 valence electrons. The zero-order valence-electron chi connectivity index (χ0n) is 41.8. The van der Waals surface area contributed by atoms with Gasteiger partial charge in [0, 0.05) is 74.8 Å². The van der Waals surface area contributed by atoms with Gasteiger partial charge in [0.1, 0.15) is 24.0 Å². The number of likely N-dealkylation sites (N-methyl/N-ethyl adjacent to an activating group) is 1. The van der Waals surface area contributed by atoms with E-state index in [9.17, 15) is 19.2 Å². The molecule has 2 saturated carbocycles. The van der Waals surface area contributed by atoms with Gasteiger partial charge in [0.2, 0.25) is 25.4 Å². The number of hydrogen-bond acceptors (Lipinski definition) is 9. The number of Topliss-reactive ketones (excluding diaryl/α,β-unsaturated/α-hetero) is 2. The molecule has 5 aliphatic rings. The van der Waals surface area contributed by atoms with Gasteiger partial charge in [0.25, 0.3) is 0 Å². The van der Waals surface area contributed by atoms with Gasteiger partial charge in [-0.2, -0.15) is 0 Å². The molecule has 2 amide bonds. The van der Waals surface area contributed by atoms with E-state index in [1.807, 2.05) is 42.5 Å². The van der Waals surface area contributed by atoms with Crippen LogP contribution >= 0.6 is 11.6 Å². The number of nitrogens with one attached hydrogen (secondary N) is 1. The second-order valence-corrected chi connectivity index (χ2v) is 22.0. The summed E-state index contributed by atoms with van der Waals surface area (Å²) in [5.41, 5.74) is 8.23. The molecule has 5 aromatic rings. The third-order valence-corrected chi connectivity index (χ3v) is 14.5. The maximum atomic E-state index is 13.5. The summed E-state index contributed by atoms with van der Waals surface area (Å²) in [5.74, 6) is 3.62. The van der Waals surface area contributed by atoms with Crippen molar-refractivity contribution >= 4 is 51.6 Å². The Morgan fingerprint density at radius 3 is 1.62 bits per heavy atom. The van der Waals surface area contributed by atoms with Crippen molar-refractivity contribution in [1.29, 1.82) is 0 Å². The van der Waals surface area contributed by atoms with Gasteiger partial charge in [0.15, 0.2) is 23.0 Å². The number of amides is 2. The number of carbonyl (C=O) groups is 4. The van der Waals surface area contributed by atoms with Crippen molar-refractivity contribution in [3.8, 4) is 23.0 Å². The number of alkyl halides is 1. The summed E-state index contributed by atoms with van der Waals surface area (Å²) in [5, 5.41) is 4.70. The summed E-state index contributed by atoms with van der Waals surface area (Å²) in [6.45, 7) is 14.1. The van der Waals surface area contributed by atoms with Gasteiger partial charge < -0.3 is 38.6 Å². The number of ketones is 2. The molecule has 13 heteroatoms. The number of aromatic nitrogens is 1. The van der Waals surface area contributed by atoms with Crippen LogP contribution in [0.2, 0.25) is 0 Å². The smallest absolute Gasteiger partial charge is 0.242 e. The summed E-state index contributed by atoms with van der Waals surface area (Å²) in [6, 6.07) is 27.1. The highest BCUT2D eigenvalue weighted by Gasteiger charge is 2.52. The first-order valence-electron chi connectivity index (χ1n) is 24.0. The summed E-state index contributed by atoms with van der Waals surface area (Å²) in [4.78, 5) is 52.6. The molecule has 10 rings (SSSR count). The van der Waals surface area contributed by atoms with Gasteiger partial charge >= 0.3 is 0 Å². The van der Waals surface area contributed by atoms with Gasteiger partial charge in [-0.1, -0.05) is 71.9 Å². The van der Waals surface area contributed by atoms with Crippen LogP contribution in [0.15, 0.2) is 78.9 Å². The number of rotatable bonds is 11. The van der Waals surface area contributed by atoms with Crippen LogP contribution in [0, 0.1) is 5.41 Å². The first-order valence-corrected chi connectivity index (χ1v) is 24.5. The molecule has 1 unspecified atom stereocenters. The Labute approximate surface area is 411 Å². The molecule has 0 bridgehead atoms. The quantitative estimate of drug-likeness (QED) is 0.129. The van der Waals surface area contributed by atoms with E-state index in [4.69, 9.17) is 30.5 Å². The molecular weight excluding hydrogens is 892 g/mol. The lowest BCUT2D eigenvalue weighted by atomic mass is 9.85. The number of ether oxygens (including phenoxy) is 4. The highest BCUT2D eigenvalue weighted by Crippen LogP contribution is 2.53. The first kappa shape index (κ1) is 49.4. The molecule has 0 radical (unpaired) electrons. The lowest BCUT2D eigenvalue weighted by molar-refractivity contribution is -0.129. The van der Waals surface area contributed by atoms with Crippen molar-refractivity contribution in [3.63, 3.8) is 0 Å². The number of carbonyl (C=O) groups excluding carboxylic acids is 4. The van der Waals surface area contributed by atoms with Crippen molar-refractivity contribution in [2.45, 2.75) is 115 Å². The number of benzene rings is 4. The van der Waals surface area contributed by atoms with Crippen LogP contribution in [0.3, 0.4) is 0 Å². The minimum Gasteiger partial charge on any atom is -0.454 e. The Bertz CT molecular complexity index is 2790. The molecular formula is C56H67ClN4O8. The molecule has 0 saturated heterocycles. The Hall–Kier alpha value is -6.01. The van der Waals surface area contributed by atoms with Gasteiger partial charge in [-0.15, -0.1) is 11.6 Å². The zero-order chi connectivity index (χ0) is 49.6. The summed E-state index contributed by atoms with van der Waals surface area (Å²) in [6.07, 6.45) is 5.47. The predicted octanol–water partition coefficient (Wildman–Crippen LogP) is 9.55. The third-order valence-electron chi connectivity index (χ3n) is 14.3. The largest absolute Gasteiger partial charge is 0.454 e. The number of fused-ring (bicyclic) bond motifs is 4. The van der Waals surface area contributed by atoms with Crippen molar-refractivity contribution in [1.82, 2.24) is 14.4 Å². The second kappa shape index (κ2) is 19.1. The molecule has 0 spiro atoms. The minimum absolute atomic E-state index is 0.0540. The molecule has 3 aliphatic heterocycles. The zero-order valence-corrected chi connectivity index (χ0v) is 42.6. The van der Waals surface area contributed by atoms with E-state index >= 15 is 0 Å². The van der Waals surface area contributed by atoms with E-state index in [1.54, 1.807) is 33.1 Å². The molecule has 1 atom stereocenters. The first-order chi connectivity index (χ1) is 32.6. The fourth-order valence-electron chi connectivity index (χ4n) is 9.47. The molecule has 4 aromatic carbocycles. The fraction of sp³-hybridized carbons (Fsp3) is 0.464. The van der Waals surface area contributed by atoms with Gasteiger partial charge in [-0.3, -0.25) is 19.2 Å². The highest BCUT2D eigenvalue weighted by molar-refractivity contribution is 6.27. The maximum Gasteiger partial charge on any atom is 0.242 e. The molecule has 69 heavy (non-hydrogen) atoms. The van der Waals surface area contributed by atoms with Crippen LogP contribution in [0.5, 0.6) is 23.0 Å². The molecule has 1 aromatic heterocycles. The second-order valence-electron chi connectivity index (χ2n) is 21.7. The predicted molar refractivity (Wildman–Crippen MR) is 270 cm³/mol. The number of anilines is 1. The van der Waals surface area contributed by atoms with E-state index < -0.39 is 5.41 Å². The van der Waals surface area contributed by atoms with Crippen molar-refractivity contribution in [3.05, 3.63) is 112 Å². The molecule has 2 aliphatic carbocycles. The van der Waals surface area contributed by atoms with Crippen LogP contribution in [-0.2, 0) is 61.2 Å². The van der Waals surface area contributed by atoms with E-state index in [0.717, 1.165) is 94.0 Å².